The lowest BCUT2D eigenvalue weighted by Gasteiger charge is -2.42. The molecule has 11 atom stereocenters. The van der Waals surface area contributed by atoms with Gasteiger partial charge in [-0.25, -0.2) is 0 Å². The van der Waals surface area contributed by atoms with Crippen LogP contribution >= 0.6 is 0 Å². The van der Waals surface area contributed by atoms with Crippen molar-refractivity contribution in [1.82, 2.24) is 0 Å². The lowest BCUT2D eigenvalue weighted by molar-refractivity contribution is -0.318. The Kier molecular flexibility index (Phi) is 8.99. The normalized spacial score (nSPS) is 36.0. The van der Waals surface area contributed by atoms with E-state index in [0.29, 0.717) is 5.56 Å². The number of aromatic hydroxyl groups is 2. The third kappa shape index (κ3) is 6.08. The quantitative estimate of drug-likeness (QED) is 0.185. The van der Waals surface area contributed by atoms with Crippen molar-refractivity contribution in [3.63, 3.8) is 0 Å². The summed E-state index contributed by atoms with van der Waals surface area (Å²) in [7, 11) is 1.38. The SMILES string of the molecule is COc1cc([C@@H]2CC(=O)c3c(O)cc(O[C@@H]4O[C@H](CO[C@@H]5O[C@H](C)[C@H](O)[C@@H](O)[C@H]5O)[C@@H](O)[C@H](O)[C@H]4O)cc3O2)ccc1O. The Morgan fingerprint density at radius 2 is 1.53 bits per heavy atom. The first kappa shape index (κ1) is 31.2. The molecular weight excluding hydrogens is 576 g/mol. The number of hydrogen-bond acceptors (Lipinski definition) is 15. The highest BCUT2D eigenvalue weighted by atomic mass is 16.7. The zero-order valence-corrected chi connectivity index (χ0v) is 23.1. The van der Waals surface area contributed by atoms with E-state index in [-0.39, 0.29) is 35.0 Å². The predicted octanol–water partition coefficient (Wildman–Crippen LogP) is -1.16. The first-order valence-corrected chi connectivity index (χ1v) is 13.5. The lowest BCUT2D eigenvalue weighted by Crippen LogP contribution is -2.61. The van der Waals surface area contributed by atoms with Gasteiger partial charge in [-0.3, -0.25) is 4.79 Å². The summed E-state index contributed by atoms with van der Waals surface area (Å²) in [6.45, 7) is 0.966. The molecule has 43 heavy (non-hydrogen) atoms. The van der Waals surface area contributed by atoms with Crippen LogP contribution in [0.3, 0.4) is 0 Å². The molecule has 0 aromatic heterocycles. The predicted molar refractivity (Wildman–Crippen MR) is 141 cm³/mol. The number of carbonyl (C=O) groups excluding carboxylic acids is 1. The summed E-state index contributed by atoms with van der Waals surface area (Å²) >= 11 is 0. The topological polar surface area (TPSA) is 234 Å². The third-order valence-corrected chi connectivity index (χ3v) is 7.70. The van der Waals surface area contributed by atoms with Gasteiger partial charge in [0.05, 0.1) is 26.2 Å². The number of fused-ring (bicyclic) bond motifs is 1. The minimum absolute atomic E-state index is 0.0349. The first-order chi connectivity index (χ1) is 20.4. The summed E-state index contributed by atoms with van der Waals surface area (Å²) in [5, 5.41) is 82.0. The number of rotatable bonds is 7. The highest BCUT2D eigenvalue weighted by molar-refractivity contribution is 6.02. The van der Waals surface area contributed by atoms with Crippen LogP contribution in [-0.2, 0) is 14.2 Å². The first-order valence-electron chi connectivity index (χ1n) is 13.5. The number of aliphatic hydroxyl groups excluding tert-OH is 6. The number of phenols is 2. The van der Waals surface area contributed by atoms with Crippen molar-refractivity contribution in [1.29, 1.82) is 0 Å². The molecule has 15 nitrogen and oxygen atoms in total. The van der Waals surface area contributed by atoms with E-state index in [1.165, 1.54) is 32.2 Å². The van der Waals surface area contributed by atoms with Crippen molar-refractivity contribution in [3.05, 3.63) is 41.5 Å². The summed E-state index contributed by atoms with van der Waals surface area (Å²) < 4.78 is 33.3. The van der Waals surface area contributed by atoms with Gasteiger partial charge in [0, 0.05) is 12.1 Å². The summed E-state index contributed by atoms with van der Waals surface area (Å²) in [5.41, 5.74) is 0.433. The minimum atomic E-state index is -1.77. The van der Waals surface area contributed by atoms with E-state index in [9.17, 15) is 45.6 Å². The maximum absolute atomic E-state index is 12.9. The Balaban J connectivity index is 1.31. The number of ketones is 1. The molecule has 8 N–H and O–H groups in total. The van der Waals surface area contributed by atoms with Crippen LogP contribution in [0, 0.1) is 0 Å². The molecule has 0 bridgehead atoms. The maximum atomic E-state index is 12.9. The molecule has 2 aromatic rings. The van der Waals surface area contributed by atoms with Gasteiger partial charge in [-0.2, -0.15) is 0 Å². The molecule has 236 valence electrons. The second-order valence-corrected chi connectivity index (χ2v) is 10.6. The summed E-state index contributed by atoms with van der Waals surface area (Å²) in [6.07, 6.45) is -15.9. The van der Waals surface area contributed by atoms with Crippen molar-refractivity contribution in [2.45, 2.75) is 80.9 Å². The number of carbonyl (C=O) groups is 1. The fourth-order valence-corrected chi connectivity index (χ4v) is 5.19. The molecule has 15 heteroatoms. The number of ether oxygens (including phenoxy) is 6. The van der Waals surface area contributed by atoms with Gasteiger partial charge >= 0.3 is 0 Å². The van der Waals surface area contributed by atoms with Gasteiger partial charge in [0.1, 0.15) is 71.6 Å². The average molecular weight is 611 g/mol. The van der Waals surface area contributed by atoms with Crippen molar-refractivity contribution >= 4 is 5.78 Å². The molecule has 0 unspecified atom stereocenters. The molecule has 0 radical (unpaired) electrons. The van der Waals surface area contributed by atoms with E-state index in [1.54, 1.807) is 6.07 Å². The molecule has 5 rings (SSSR count). The van der Waals surface area contributed by atoms with Gasteiger partial charge in [0.15, 0.2) is 23.6 Å². The standard InChI is InChI=1S/C28H34O15/c1-10-21(32)23(34)25(36)27(40-10)39-9-19-22(33)24(35)26(37)28(43-19)41-12-6-14(30)20-15(31)8-16(42-18(20)7-12)11-3-4-13(29)17(5-11)38-2/h3-7,10,16,19,21-30,32-37H,8-9H2,1-2H3/t10-,16+,19-,21+,22-,23-,24+,25-,26-,27-,28-/m1/s1. The number of hydrogen-bond donors (Lipinski definition) is 8. The molecule has 0 spiro atoms. The highest BCUT2D eigenvalue weighted by Gasteiger charge is 2.47. The van der Waals surface area contributed by atoms with E-state index in [0.717, 1.165) is 6.07 Å². The second kappa shape index (κ2) is 12.4. The van der Waals surface area contributed by atoms with Gasteiger partial charge in [-0.05, 0) is 24.6 Å². The Morgan fingerprint density at radius 1 is 0.837 bits per heavy atom. The zero-order valence-electron chi connectivity index (χ0n) is 23.1. The molecule has 3 aliphatic heterocycles. The van der Waals surface area contributed by atoms with Crippen molar-refractivity contribution in [2.75, 3.05) is 13.7 Å². The van der Waals surface area contributed by atoms with Crippen LogP contribution in [0.5, 0.6) is 28.7 Å². The summed E-state index contributed by atoms with van der Waals surface area (Å²) in [4.78, 5) is 12.9. The molecule has 2 fully saturated rings. The van der Waals surface area contributed by atoms with E-state index < -0.39 is 85.7 Å². The molecule has 3 heterocycles. The number of benzene rings is 2. The van der Waals surface area contributed by atoms with Crippen molar-refractivity contribution in [3.8, 4) is 28.7 Å². The van der Waals surface area contributed by atoms with E-state index in [1.807, 2.05) is 0 Å². The molecule has 0 amide bonds. The van der Waals surface area contributed by atoms with Gasteiger partial charge in [0.25, 0.3) is 0 Å². The Morgan fingerprint density at radius 3 is 2.26 bits per heavy atom. The second-order valence-electron chi connectivity index (χ2n) is 10.6. The van der Waals surface area contributed by atoms with E-state index in [4.69, 9.17) is 28.4 Å². The molecule has 2 aromatic carbocycles. The van der Waals surface area contributed by atoms with Gasteiger partial charge in [-0.15, -0.1) is 0 Å². The van der Waals surface area contributed by atoms with Crippen LogP contribution in [0.2, 0.25) is 0 Å². The van der Waals surface area contributed by atoms with Crippen LogP contribution in [0.4, 0.5) is 0 Å². The Labute approximate surface area is 245 Å². The fourth-order valence-electron chi connectivity index (χ4n) is 5.19. The number of aliphatic hydroxyl groups is 6. The number of Topliss-reactive ketones (excluding diaryl/α,β-unsaturated/α-hetero) is 1. The van der Waals surface area contributed by atoms with Crippen LogP contribution in [0.25, 0.3) is 0 Å². The molecule has 0 saturated carbocycles. The van der Waals surface area contributed by atoms with E-state index in [2.05, 4.69) is 0 Å². The number of methoxy groups -OCH3 is 1. The largest absolute Gasteiger partial charge is 0.507 e. The summed E-state index contributed by atoms with van der Waals surface area (Å²) in [5.74, 6) is -0.966. The van der Waals surface area contributed by atoms with E-state index >= 15 is 0 Å². The van der Waals surface area contributed by atoms with Crippen LogP contribution in [0.1, 0.15) is 35.4 Å². The zero-order chi connectivity index (χ0) is 31.2. The summed E-state index contributed by atoms with van der Waals surface area (Å²) in [6, 6.07) is 6.85. The minimum Gasteiger partial charge on any atom is -0.507 e. The van der Waals surface area contributed by atoms with Gasteiger partial charge in [0.2, 0.25) is 6.29 Å². The lowest BCUT2D eigenvalue weighted by atomic mass is 9.95. The Bertz CT molecular complexity index is 1320. The monoisotopic (exact) mass is 610 g/mol. The molecule has 2 saturated heterocycles. The van der Waals surface area contributed by atoms with Crippen molar-refractivity contribution in [2.24, 2.45) is 0 Å². The fraction of sp³-hybridized carbons (Fsp3) is 0.536. The van der Waals surface area contributed by atoms with Crippen LogP contribution in [-0.4, -0.2) is 122 Å². The van der Waals surface area contributed by atoms with Crippen molar-refractivity contribution < 1.29 is 74.1 Å². The van der Waals surface area contributed by atoms with Crippen LogP contribution in [0.15, 0.2) is 30.3 Å². The third-order valence-electron chi connectivity index (χ3n) is 7.70. The number of phenolic OH excluding ortho intramolecular Hbond substituents is 2. The van der Waals surface area contributed by atoms with Gasteiger partial charge in [-0.1, -0.05) is 6.07 Å². The molecular formula is C28H34O15. The molecule has 0 aliphatic carbocycles. The van der Waals surface area contributed by atoms with Crippen LogP contribution < -0.4 is 14.2 Å². The average Bonchev–Trinajstić information content (AvgIpc) is 2.97. The smallest absolute Gasteiger partial charge is 0.229 e. The maximum Gasteiger partial charge on any atom is 0.229 e. The highest BCUT2D eigenvalue weighted by Crippen LogP contribution is 2.43. The molecule has 3 aliphatic rings. The van der Waals surface area contributed by atoms with Gasteiger partial charge < -0.3 is 69.3 Å². The Hall–Kier alpha value is -3.25.